The van der Waals surface area contributed by atoms with E-state index in [1.807, 2.05) is 44.2 Å². The van der Waals surface area contributed by atoms with Crippen LogP contribution in [-0.4, -0.2) is 106 Å². The van der Waals surface area contributed by atoms with Crippen LogP contribution in [0.5, 0.6) is 0 Å². The Morgan fingerprint density at radius 2 is 1.92 bits per heavy atom. The number of para-hydroxylation sites is 1. The zero-order valence-corrected chi connectivity index (χ0v) is 25.0. The zero-order chi connectivity index (χ0) is 27.7. The molecule has 11 heteroatoms. The van der Waals surface area contributed by atoms with Gasteiger partial charge in [0.05, 0.1) is 42.4 Å². The quantitative estimate of drug-likeness (QED) is 0.342. The van der Waals surface area contributed by atoms with Gasteiger partial charge in [-0.25, -0.2) is 0 Å². The topological polar surface area (TPSA) is 111 Å². The number of anilines is 1. The Morgan fingerprint density at radius 3 is 2.59 bits per heavy atom. The van der Waals surface area contributed by atoms with Crippen LogP contribution in [0.1, 0.15) is 26.7 Å². The number of likely N-dealkylation sites (tertiary alicyclic amines) is 1. The number of halogens is 1. The number of hydrogen-bond donors (Lipinski definition) is 3. The summed E-state index contributed by atoms with van der Waals surface area (Å²) in [6, 6.07) is 8.03. The number of fused-ring (bicyclic) bond motifs is 1. The van der Waals surface area contributed by atoms with Gasteiger partial charge in [0.15, 0.2) is 0 Å². The highest BCUT2D eigenvalue weighted by Crippen LogP contribution is 2.68. The third-order valence-corrected chi connectivity index (χ3v) is 11.7. The van der Waals surface area contributed by atoms with Crippen molar-refractivity contribution >= 4 is 51.1 Å². The Morgan fingerprint density at radius 1 is 1.21 bits per heavy atom. The smallest absolute Gasteiger partial charge is 0.244 e. The second kappa shape index (κ2) is 12.1. The van der Waals surface area contributed by atoms with Gasteiger partial charge in [0.2, 0.25) is 17.7 Å². The average molecular weight is 624 g/mol. The molecule has 3 amide bonds. The Labute approximate surface area is 242 Å². The third kappa shape index (κ3) is 5.49. The summed E-state index contributed by atoms with van der Waals surface area (Å²) in [6.07, 6.45) is 1.20. The fraction of sp³-hybridized carbons (Fsp3) is 0.679. The number of morpholine rings is 1. The number of nitrogens with one attached hydrogen (secondary N) is 2. The first-order valence-electron chi connectivity index (χ1n) is 14.0. The summed E-state index contributed by atoms with van der Waals surface area (Å²) in [5, 5.41) is 16.4. The number of carbonyl (C=O) groups is 3. The van der Waals surface area contributed by atoms with Crippen molar-refractivity contribution in [2.45, 2.75) is 53.6 Å². The summed E-state index contributed by atoms with van der Waals surface area (Å²) in [7, 11) is 0. The molecule has 0 radical (unpaired) electrons. The van der Waals surface area contributed by atoms with Crippen LogP contribution in [0.25, 0.3) is 0 Å². The molecule has 9 nitrogen and oxygen atoms in total. The van der Waals surface area contributed by atoms with Gasteiger partial charge in [0, 0.05) is 41.9 Å². The van der Waals surface area contributed by atoms with E-state index in [1.54, 1.807) is 16.7 Å². The number of hydrogen-bond acceptors (Lipinski definition) is 7. The molecule has 0 saturated carbocycles. The van der Waals surface area contributed by atoms with E-state index in [4.69, 9.17) is 4.74 Å². The van der Waals surface area contributed by atoms with Crippen molar-refractivity contribution in [3.8, 4) is 0 Å². The van der Waals surface area contributed by atoms with Crippen molar-refractivity contribution in [3.05, 3.63) is 30.3 Å². The summed E-state index contributed by atoms with van der Waals surface area (Å²) >= 11 is 5.42. The molecule has 4 fully saturated rings. The number of aliphatic hydroxyl groups excluding tert-OH is 1. The number of aliphatic hydroxyl groups is 1. The van der Waals surface area contributed by atoms with Gasteiger partial charge in [0.25, 0.3) is 0 Å². The number of alkyl halides is 1. The summed E-state index contributed by atoms with van der Waals surface area (Å²) in [4.78, 5) is 45.9. The van der Waals surface area contributed by atoms with Gasteiger partial charge in [-0.1, -0.05) is 48.0 Å². The monoisotopic (exact) mass is 622 g/mol. The highest BCUT2D eigenvalue weighted by atomic mass is 79.9. The lowest BCUT2D eigenvalue weighted by Crippen LogP contribution is -2.57. The predicted molar refractivity (Wildman–Crippen MR) is 155 cm³/mol. The highest BCUT2D eigenvalue weighted by molar-refractivity contribution is 9.09. The van der Waals surface area contributed by atoms with E-state index in [-0.39, 0.29) is 40.3 Å². The average Bonchev–Trinajstić information content (AvgIpc) is 3.51. The van der Waals surface area contributed by atoms with Crippen LogP contribution in [0.4, 0.5) is 5.69 Å². The van der Waals surface area contributed by atoms with Crippen molar-refractivity contribution in [1.82, 2.24) is 15.1 Å². The standard InChI is InChI=1S/C28H39BrN4O5S/c1-17(2)14-19(16-34)33-24(26(36)30-8-9-32-10-12-38-13-11-32)28-15-20(29)23(39-28)21(22(28)27(33)37)25(35)31-18-6-4-3-5-7-18/h3-7,17,19-24,34H,8-16H2,1-2H3,(H,30,36)(H,31,35)/t19-,20?,21+,22+,23+,24?,28?/m1/s1. The minimum Gasteiger partial charge on any atom is -0.394 e. The first-order chi connectivity index (χ1) is 18.8. The van der Waals surface area contributed by atoms with E-state index in [1.165, 1.54) is 0 Å². The van der Waals surface area contributed by atoms with Gasteiger partial charge in [0.1, 0.15) is 6.04 Å². The Kier molecular flexibility index (Phi) is 8.92. The van der Waals surface area contributed by atoms with Crippen LogP contribution in [0.3, 0.4) is 0 Å². The molecule has 1 aromatic carbocycles. The van der Waals surface area contributed by atoms with Gasteiger partial charge in [-0.15, -0.1) is 11.8 Å². The normalized spacial score (nSPS) is 32.9. The van der Waals surface area contributed by atoms with E-state index in [2.05, 4.69) is 31.5 Å². The molecular formula is C28H39BrN4O5S. The van der Waals surface area contributed by atoms with E-state index in [0.29, 0.717) is 44.8 Å². The number of carbonyl (C=O) groups excluding carboxylic acids is 3. The number of benzene rings is 1. The predicted octanol–water partition coefficient (Wildman–Crippen LogP) is 1.95. The molecule has 4 aliphatic rings. The molecule has 1 spiro atoms. The molecular weight excluding hydrogens is 584 g/mol. The van der Waals surface area contributed by atoms with Crippen molar-refractivity contribution in [2.75, 3.05) is 51.3 Å². The van der Waals surface area contributed by atoms with Crippen LogP contribution in [-0.2, 0) is 19.1 Å². The number of thioether (sulfide) groups is 1. The lowest BCUT2D eigenvalue weighted by atomic mass is 9.70. The number of ether oxygens (including phenoxy) is 1. The largest absolute Gasteiger partial charge is 0.394 e. The van der Waals surface area contributed by atoms with Crippen LogP contribution in [0.2, 0.25) is 0 Å². The van der Waals surface area contributed by atoms with Gasteiger partial charge < -0.3 is 25.4 Å². The minimum absolute atomic E-state index is 0.000603. The molecule has 5 rings (SSSR count). The van der Waals surface area contributed by atoms with Crippen molar-refractivity contribution in [1.29, 1.82) is 0 Å². The van der Waals surface area contributed by atoms with Crippen LogP contribution in [0.15, 0.2) is 30.3 Å². The number of nitrogens with zero attached hydrogens (tertiary/aromatic N) is 2. The van der Waals surface area contributed by atoms with Crippen LogP contribution < -0.4 is 10.6 Å². The Balaban J connectivity index is 1.43. The molecule has 0 aliphatic carbocycles. The highest BCUT2D eigenvalue weighted by Gasteiger charge is 2.76. The lowest BCUT2D eigenvalue weighted by molar-refractivity contribution is -0.142. The molecule has 0 aromatic heterocycles. The van der Waals surface area contributed by atoms with E-state index >= 15 is 0 Å². The number of rotatable bonds is 10. The molecule has 214 valence electrons. The maximum atomic E-state index is 14.3. The van der Waals surface area contributed by atoms with Crippen LogP contribution >= 0.6 is 27.7 Å². The van der Waals surface area contributed by atoms with Gasteiger partial charge >= 0.3 is 0 Å². The van der Waals surface area contributed by atoms with E-state index in [0.717, 1.165) is 13.1 Å². The SMILES string of the molecule is CC(C)C[C@H](CO)N1C(=O)[C@@H]2[C@H](C(=O)Nc3ccccc3)[C@H]3SC2(CC3Br)C1C(=O)NCCN1CCOCC1. The fourth-order valence-electron chi connectivity index (χ4n) is 6.89. The second-order valence-electron chi connectivity index (χ2n) is 11.5. The molecule has 39 heavy (non-hydrogen) atoms. The summed E-state index contributed by atoms with van der Waals surface area (Å²) in [5.74, 6) is -1.55. The van der Waals surface area contributed by atoms with Gasteiger partial charge in [-0.2, -0.15) is 0 Å². The minimum atomic E-state index is -0.750. The Hall–Kier alpha value is -1.66. The van der Waals surface area contributed by atoms with E-state index in [9.17, 15) is 19.5 Å². The van der Waals surface area contributed by atoms with Crippen LogP contribution in [0, 0.1) is 17.8 Å². The molecule has 4 aliphatic heterocycles. The van der Waals surface area contributed by atoms with Gasteiger partial charge in [-0.3, -0.25) is 19.3 Å². The van der Waals surface area contributed by atoms with Crippen molar-refractivity contribution in [2.24, 2.45) is 17.8 Å². The zero-order valence-electron chi connectivity index (χ0n) is 22.6. The van der Waals surface area contributed by atoms with Crippen molar-refractivity contribution < 1.29 is 24.2 Å². The first kappa shape index (κ1) is 28.9. The summed E-state index contributed by atoms with van der Waals surface area (Å²) in [5.41, 5.74) is 0.684. The third-order valence-electron chi connectivity index (χ3n) is 8.50. The molecule has 4 heterocycles. The van der Waals surface area contributed by atoms with E-state index < -0.39 is 28.7 Å². The summed E-state index contributed by atoms with van der Waals surface area (Å²) < 4.78 is 4.69. The molecule has 3 N–H and O–H groups in total. The molecule has 3 unspecified atom stereocenters. The Bertz CT molecular complexity index is 1060. The molecule has 7 atom stereocenters. The molecule has 1 aromatic rings. The maximum Gasteiger partial charge on any atom is 0.244 e. The lowest BCUT2D eigenvalue weighted by Gasteiger charge is -2.38. The number of amides is 3. The van der Waals surface area contributed by atoms with Gasteiger partial charge in [-0.05, 0) is 30.9 Å². The fourth-order valence-corrected chi connectivity index (χ4v) is 10.5. The van der Waals surface area contributed by atoms with Crippen molar-refractivity contribution in [3.63, 3.8) is 0 Å². The first-order valence-corrected chi connectivity index (χ1v) is 15.7. The summed E-state index contributed by atoms with van der Waals surface area (Å²) in [6.45, 7) is 8.08. The maximum absolute atomic E-state index is 14.3. The molecule has 4 saturated heterocycles. The second-order valence-corrected chi connectivity index (χ2v) is 14.2. The molecule has 2 bridgehead atoms.